The molecule has 192 valence electrons. The zero-order valence-corrected chi connectivity index (χ0v) is 22.1. The van der Waals surface area contributed by atoms with E-state index in [1.807, 2.05) is 47.4 Å². The van der Waals surface area contributed by atoms with Gasteiger partial charge >= 0.3 is 0 Å². The van der Waals surface area contributed by atoms with Crippen LogP contribution >= 0.6 is 0 Å². The molecule has 0 spiro atoms. The molecule has 1 atom stereocenters. The molecule has 2 heterocycles. The van der Waals surface area contributed by atoms with Crippen LogP contribution in [0.4, 0.5) is 5.69 Å². The van der Waals surface area contributed by atoms with E-state index in [1.165, 1.54) is 11.1 Å². The largest absolute Gasteiger partial charge is 0.497 e. The molecule has 0 N–H and O–H groups in total. The third-order valence-electron chi connectivity index (χ3n) is 7.11. The van der Waals surface area contributed by atoms with Crippen LogP contribution in [0.1, 0.15) is 55.5 Å². The number of imidazole rings is 1. The molecule has 1 amide bonds. The van der Waals surface area contributed by atoms with Crippen molar-refractivity contribution in [1.29, 1.82) is 0 Å². The summed E-state index contributed by atoms with van der Waals surface area (Å²) in [7, 11) is 1.64. The van der Waals surface area contributed by atoms with Gasteiger partial charge in [-0.1, -0.05) is 44.2 Å². The van der Waals surface area contributed by atoms with Gasteiger partial charge in [-0.05, 0) is 60.7 Å². The maximum atomic E-state index is 13.0. The van der Waals surface area contributed by atoms with Crippen LogP contribution in [0.5, 0.6) is 11.5 Å². The monoisotopic (exact) mass is 497 g/mol. The molecule has 0 aliphatic carbocycles. The highest BCUT2D eigenvalue weighted by Gasteiger charge is 2.35. The number of carbonyl (C=O) groups is 1. The number of hydrogen-bond acceptors (Lipinski definition) is 4. The van der Waals surface area contributed by atoms with Gasteiger partial charge in [0, 0.05) is 37.2 Å². The zero-order chi connectivity index (χ0) is 25.9. The molecule has 1 aliphatic rings. The first-order valence-corrected chi connectivity index (χ1v) is 13.1. The summed E-state index contributed by atoms with van der Waals surface area (Å²) in [5.74, 6) is 3.24. The highest BCUT2D eigenvalue weighted by molar-refractivity contribution is 5.96. The van der Waals surface area contributed by atoms with Crippen LogP contribution in [0.25, 0.3) is 11.0 Å². The molecule has 1 aromatic heterocycles. The summed E-state index contributed by atoms with van der Waals surface area (Å²) in [5, 5.41) is 0. The van der Waals surface area contributed by atoms with Crippen LogP contribution in [-0.2, 0) is 11.3 Å². The second kappa shape index (κ2) is 10.7. The van der Waals surface area contributed by atoms with Gasteiger partial charge in [-0.2, -0.15) is 0 Å². The minimum Gasteiger partial charge on any atom is -0.497 e. The number of benzene rings is 3. The standard InChI is InChI=1S/C31H35N3O3/c1-21(2)26-14-13-22(3)17-29(26)37-16-8-15-33-28-12-6-5-11-27(28)32-31(33)23-18-30(35)34(20-23)24-9-7-10-25(19-24)36-4/h5-7,9-14,17,19,21,23H,8,15-16,18,20H2,1-4H3. The Morgan fingerprint density at radius 3 is 2.70 bits per heavy atom. The van der Waals surface area contributed by atoms with Gasteiger partial charge in [-0.25, -0.2) is 4.98 Å². The van der Waals surface area contributed by atoms with Crippen molar-refractivity contribution in [2.75, 3.05) is 25.2 Å². The smallest absolute Gasteiger partial charge is 0.227 e. The second-order valence-electron chi connectivity index (χ2n) is 10.1. The van der Waals surface area contributed by atoms with E-state index < -0.39 is 0 Å². The average molecular weight is 498 g/mol. The van der Waals surface area contributed by atoms with Crippen molar-refractivity contribution in [2.45, 2.75) is 52.0 Å². The molecule has 1 unspecified atom stereocenters. The van der Waals surface area contributed by atoms with E-state index in [4.69, 9.17) is 14.5 Å². The zero-order valence-electron chi connectivity index (χ0n) is 22.1. The fourth-order valence-electron chi connectivity index (χ4n) is 5.20. The van der Waals surface area contributed by atoms with E-state index in [0.717, 1.165) is 47.0 Å². The Hall–Kier alpha value is -3.80. The number of ether oxygens (including phenoxy) is 2. The van der Waals surface area contributed by atoms with Gasteiger partial charge in [-0.15, -0.1) is 0 Å². The molecule has 0 radical (unpaired) electrons. The quantitative estimate of drug-likeness (QED) is 0.249. The second-order valence-corrected chi connectivity index (χ2v) is 10.1. The lowest BCUT2D eigenvalue weighted by Crippen LogP contribution is -2.24. The van der Waals surface area contributed by atoms with Crippen molar-refractivity contribution < 1.29 is 14.3 Å². The number of hydrogen-bond donors (Lipinski definition) is 0. The molecule has 37 heavy (non-hydrogen) atoms. The number of anilines is 1. The van der Waals surface area contributed by atoms with E-state index >= 15 is 0 Å². The summed E-state index contributed by atoms with van der Waals surface area (Å²) in [6.07, 6.45) is 1.29. The van der Waals surface area contributed by atoms with Crippen LogP contribution in [-0.4, -0.2) is 35.7 Å². The van der Waals surface area contributed by atoms with E-state index in [-0.39, 0.29) is 11.8 Å². The molecule has 4 aromatic rings. The Kier molecular flexibility index (Phi) is 7.17. The lowest BCUT2D eigenvalue weighted by molar-refractivity contribution is -0.117. The van der Waals surface area contributed by atoms with Crippen LogP contribution in [0.2, 0.25) is 0 Å². The summed E-state index contributed by atoms with van der Waals surface area (Å²) in [5.41, 5.74) is 5.37. The van der Waals surface area contributed by atoms with Crippen molar-refractivity contribution in [2.24, 2.45) is 0 Å². The van der Waals surface area contributed by atoms with E-state index in [1.54, 1.807) is 7.11 Å². The molecule has 1 saturated heterocycles. The molecule has 0 saturated carbocycles. The highest BCUT2D eigenvalue weighted by Crippen LogP contribution is 2.34. The van der Waals surface area contributed by atoms with Crippen LogP contribution in [0, 0.1) is 6.92 Å². The lowest BCUT2D eigenvalue weighted by atomic mass is 10.0. The SMILES string of the molecule is COc1cccc(N2CC(c3nc4ccccc4n3CCCOc3cc(C)ccc3C(C)C)CC2=O)c1. The summed E-state index contributed by atoms with van der Waals surface area (Å²) >= 11 is 0. The fourth-order valence-corrected chi connectivity index (χ4v) is 5.20. The van der Waals surface area contributed by atoms with Gasteiger partial charge in [-0.3, -0.25) is 4.79 Å². The Labute approximate surface area is 218 Å². The lowest BCUT2D eigenvalue weighted by Gasteiger charge is -2.18. The van der Waals surface area contributed by atoms with Crippen LogP contribution < -0.4 is 14.4 Å². The predicted octanol–water partition coefficient (Wildman–Crippen LogP) is 6.47. The van der Waals surface area contributed by atoms with Gasteiger partial charge < -0.3 is 18.9 Å². The minimum atomic E-state index is 0.0244. The maximum absolute atomic E-state index is 13.0. The molecule has 0 bridgehead atoms. The Morgan fingerprint density at radius 2 is 1.89 bits per heavy atom. The summed E-state index contributed by atoms with van der Waals surface area (Å²) in [6, 6.07) is 22.3. The number of amides is 1. The Morgan fingerprint density at radius 1 is 1.05 bits per heavy atom. The first-order valence-electron chi connectivity index (χ1n) is 13.1. The normalized spacial score (nSPS) is 15.6. The molecule has 6 nitrogen and oxygen atoms in total. The fraction of sp³-hybridized carbons (Fsp3) is 0.355. The number of carbonyl (C=O) groups excluding carboxylic acids is 1. The number of aromatic nitrogens is 2. The molecule has 6 heteroatoms. The topological polar surface area (TPSA) is 56.6 Å². The molecule has 3 aromatic carbocycles. The van der Waals surface area contributed by atoms with Gasteiger partial charge in [0.05, 0.1) is 24.8 Å². The van der Waals surface area contributed by atoms with Gasteiger partial charge in [0.1, 0.15) is 17.3 Å². The van der Waals surface area contributed by atoms with Crippen molar-refractivity contribution >= 4 is 22.6 Å². The molecular formula is C31H35N3O3. The van der Waals surface area contributed by atoms with Gasteiger partial charge in [0.15, 0.2) is 0 Å². The number of methoxy groups -OCH3 is 1. The predicted molar refractivity (Wildman–Crippen MR) is 148 cm³/mol. The summed E-state index contributed by atoms with van der Waals surface area (Å²) in [6.45, 7) is 8.49. The molecule has 1 fully saturated rings. The first-order chi connectivity index (χ1) is 17.9. The van der Waals surface area contributed by atoms with Crippen LogP contribution in [0.15, 0.2) is 66.7 Å². The number of rotatable bonds is 9. The minimum absolute atomic E-state index is 0.0244. The molecule has 1 aliphatic heterocycles. The van der Waals surface area contributed by atoms with E-state index in [9.17, 15) is 4.79 Å². The van der Waals surface area contributed by atoms with Gasteiger partial charge in [0.2, 0.25) is 5.91 Å². The molecular weight excluding hydrogens is 462 g/mol. The van der Waals surface area contributed by atoms with E-state index in [2.05, 4.69) is 49.6 Å². The van der Waals surface area contributed by atoms with Crippen LogP contribution in [0.3, 0.4) is 0 Å². The third kappa shape index (κ3) is 5.19. The summed E-state index contributed by atoms with van der Waals surface area (Å²) < 4.78 is 13.9. The van der Waals surface area contributed by atoms with Crippen molar-refractivity contribution in [1.82, 2.24) is 9.55 Å². The first kappa shape index (κ1) is 24.9. The average Bonchev–Trinajstić information content (AvgIpc) is 3.47. The summed E-state index contributed by atoms with van der Waals surface area (Å²) in [4.78, 5) is 19.9. The Bertz CT molecular complexity index is 1410. The number of fused-ring (bicyclic) bond motifs is 1. The maximum Gasteiger partial charge on any atom is 0.227 e. The van der Waals surface area contributed by atoms with E-state index in [0.29, 0.717) is 25.5 Å². The van der Waals surface area contributed by atoms with Crippen molar-refractivity contribution in [3.05, 3.63) is 83.7 Å². The van der Waals surface area contributed by atoms with Gasteiger partial charge in [0.25, 0.3) is 0 Å². The number of aryl methyl sites for hydroxylation is 2. The van der Waals surface area contributed by atoms with Crippen molar-refractivity contribution in [3.63, 3.8) is 0 Å². The number of para-hydroxylation sites is 2. The third-order valence-corrected chi connectivity index (χ3v) is 7.11. The Balaban J connectivity index is 1.34. The van der Waals surface area contributed by atoms with Crippen molar-refractivity contribution in [3.8, 4) is 11.5 Å². The molecule has 5 rings (SSSR count). The number of nitrogens with zero attached hydrogens (tertiary/aromatic N) is 3. The highest BCUT2D eigenvalue weighted by atomic mass is 16.5.